The van der Waals surface area contributed by atoms with Crippen molar-refractivity contribution in [3.63, 3.8) is 0 Å². The van der Waals surface area contributed by atoms with E-state index in [4.69, 9.17) is 9.40 Å². The number of hydrogen-bond acceptors (Lipinski definition) is 6. The van der Waals surface area contributed by atoms with E-state index in [0.717, 1.165) is 11.3 Å². The first-order chi connectivity index (χ1) is 16.8. The van der Waals surface area contributed by atoms with Gasteiger partial charge in [-0.15, -0.1) is 0 Å². The minimum atomic E-state index is -0.929. The van der Waals surface area contributed by atoms with Crippen LogP contribution in [0, 0.1) is 11.3 Å². The molecule has 0 bridgehead atoms. The van der Waals surface area contributed by atoms with Gasteiger partial charge in [0.05, 0.1) is 18.2 Å². The van der Waals surface area contributed by atoms with Crippen LogP contribution in [-0.2, 0) is 11.2 Å². The molecule has 8 nitrogen and oxygen atoms in total. The van der Waals surface area contributed by atoms with Crippen molar-refractivity contribution in [2.24, 2.45) is 0 Å². The molecule has 8 heteroatoms. The normalized spacial score (nSPS) is 15.8. The third-order valence-electron chi connectivity index (χ3n) is 6.33. The number of benzene rings is 1. The highest BCUT2D eigenvalue weighted by molar-refractivity contribution is 5.94. The maximum atomic E-state index is 12.9. The number of carbonyl (C=O) groups excluding carboxylic acids is 1. The molecule has 180 valence electrons. The quantitative estimate of drug-likeness (QED) is 0.569. The van der Waals surface area contributed by atoms with Crippen molar-refractivity contribution in [3.05, 3.63) is 71.3 Å². The molecule has 1 saturated heterocycles. The van der Waals surface area contributed by atoms with Crippen molar-refractivity contribution in [1.82, 2.24) is 9.88 Å². The van der Waals surface area contributed by atoms with Crippen LogP contribution in [0.25, 0.3) is 11.1 Å². The predicted molar refractivity (Wildman–Crippen MR) is 131 cm³/mol. The van der Waals surface area contributed by atoms with E-state index in [1.165, 1.54) is 12.5 Å². The fourth-order valence-corrected chi connectivity index (χ4v) is 4.50. The van der Waals surface area contributed by atoms with Gasteiger partial charge in [-0.05, 0) is 36.1 Å². The van der Waals surface area contributed by atoms with Gasteiger partial charge >= 0.3 is 5.97 Å². The highest BCUT2D eigenvalue weighted by Crippen LogP contribution is 2.35. The van der Waals surface area contributed by atoms with Gasteiger partial charge in [-0.3, -0.25) is 9.59 Å². The molecule has 1 atom stereocenters. The SMILES string of the molecule is CC(C)c1cc(-c2ccccc2CC(=O)O)c(C#N)c(N2CCN(C(=O)c3ccoc3)[C@H](C)C2)n1. The Morgan fingerprint density at radius 3 is 2.63 bits per heavy atom. The first-order valence-electron chi connectivity index (χ1n) is 11.6. The number of carboxylic acids is 1. The van der Waals surface area contributed by atoms with Gasteiger partial charge in [-0.2, -0.15) is 5.26 Å². The molecule has 0 aliphatic carbocycles. The summed E-state index contributed by atoms with van der Waals surface area (Å²) in [6.45, 7) is 7.57. The van der Waals surface area contributed by atoms with Crippen molar-refractivity contribution >= 4 is 17.7 Å². The Bertz CT molecular complexity index is 1280. The van der Waals surface area contributed by atoms with Crippen molar-refractivity contribution in [1.29, 1.82) is 5.26 Å². The monoisotopic (exact) mass is 472 g/mol. The van der Waals surface area contributed by atoms with E-state index < -0.39 is 5.97 Å². The van der Waals surface area contributed by atoms with E-state index in [9.17, 15) is 20.0 Å². The Labute approximate surface area is 204 Å². The average Bonchev–Trinajstić information content (AvgIpc) is 3.38. The first-order valence-corrected chi connectivity index (χ1v) is 11.6. The molecule has 0 unspecified atom stereocenters. The first kappa shape index (κ1) is 24.0. The molecule has 35 heavy (non-hydrogen) atoms. The molecule has 2 aromatic heterocycles. The molecule has 0 spiro atoms. The van der Waals surface area contributed by atoms with Gasteiger partial charge in [0, 0.05) is 36.9 Å². The summed E-state index contributed by atoms with van der Waals surface area (Å²) in [7, 11) is 0. The number of amides is 1. The molecule has 1 aromatic carbocycles. The van der Waals surface area contributed by atoms with Crippen LogP contribution in [0.15, 0.2) is 53.3 Å². The molecule has 0 saturated carbocycles. The number of anilines is 1. The van der Waals surface area contributed by atoms with Crippen molar-refractivity contribution < 1.29 is 19.1 Å². The number of hydrogen-bond donors (Lipinski definition) is 1. The highest BCUT2D eigenvalue weighted by atomic mass is 16.4. The number of piperazine rings is 1. The second-order valence-electron chi connectivity index (χ2n) is 9.09. The highest BCUT2D eigenvalue weighted by Gasteiger charge is 2.31. The number of nitriles is 1. The minimum absolute atomic E-state index is 0.0846. The van der Waals surface area contributed by atoms with Gasteiger partial charge < -0.3 is 19.3 Å². The molecule has 1 N–H and O–H groups in total. The summed E-state index contributed by atoms with van der Waals surface area (Å²) >= 11 is 0. The maximum Gasteiger partial charge on any atom is 0.307 e. The number of pyridine rings is 1. The molecule has 1 amide bonds. The van der Waals surface area contributed by atoms with Crippen LogP contribution < -0.4 is 4.90 Å². The third kappa shape index (κ3) is 4.90. The van der Waals surface area contributed by atoms with E-state index in [-0.39, 0.29) is 24.3 Å². The van der Waals surface area contributed by atoms with Crippen molar-refractivity contribution in [3.8, 4) is 17.2 Å². The lowest BCUT2D eigenvalue weighted by molar-refractivity contribution is -0.136. The van der Waals surface area contributed by atoms with E-state index in [1.54, 1.807) is 18.2 Å². The number of carbonyl (C=O) groups is 2. The second kappa shape index (κ2) is 10.0. The summed E-state index contributed by atoms with van der Waals surface area (Å²) in [6.07, 6.45) is 2.80. The number of aliphatic carboxylic acids is 1. The fraction of sp³-hybridized carbons (Fsp3) is 0.333. The fourth-order valence-electron chi connectivity index (χ4n) is 4.50. The summed E-state index contributed by atoms with van der Waals surface area (Å²) in [5, 5.41) is 19.6. The Hall–Kier alpha value is -4.12. The summed E-state index contributed by atoms with van der Waals surface area (Å²) in [5.41, 5.74) is 3.80. The summed E-state index contributed by atoms with van der Waals surface area (Å²) < 4.78 is 5.07. The van der Waals surface area contributed by atoms with Gasteiger partial charge in [0.2, 0.25) is 0 Å². The van der Waals surface area contributed by atoms with Gasteiger partial charge in [0.1, 0.15) is 23.7 Å². The Balaban J connectivity index is 1.74. The lowest BCUT2D eigenvalue weighted by Crippen LogP contribution is -2.54. The smallest absolute Gasteiger partial charge is 0.307 e. The number of furan rings is 1. The van der Waals surface area contributed by atoms with Crippen LogP contribution >= 0.6 is 0 Å². The largest absolute Gasteiger partial charge is 0.481 e. The van der Waals surface area contributed by atoms with Crippen LogP contribution in [-0.4, -0.2) is 52.5 Å². The second-order valence-corrected chi connectivity index (χ2v) is 9.09. The number of aromatic nitrogens is 1. The maximum absolute atomic E-state index is 12.9. The van der Waals surface area contributed by atoms with E-state index in [0.29, 0.717) is 47.7 Å². The zero-order chi connectivity index (χ0) is 25.1. The van der Waals surface area contributed by atoms with Gasteiger partial charge in [0.15, 0.2) is 0 Å². The van der Waals surface area contributed by atoms with Crippen LogP contribution in [0.3, 0.4) is 0 Å². The van der Waals surface area contributed by atoms with E-state index >= 15 is 0 Å². The van der Waals surface area contributed by atoms with Crippen LogP contribution in [0.1, 0.15) is 53.9 Å². The summed E-state index contributed by atoms with van der Waals surface area (Å²) in [5.74, 6) is -0.338. The third-order valence-corrected chi connectivity index (χ3v) is 6.33. The zero-order valence-corrected chi connectivity index (χ0v) is 20.1. The van der Waals surface area contributed by atoms with Gasteiger partial charge in [-0.1, -0.05) is 38.1 Å². The standard InChI is InChI=1S/C27H28N4O4/c1-17(2)24-13-22(21-7-5-4-6-19(21)12-25(32)33)23(14-28)26(29-24)30-9-10-31(18(3)15-30)27(34)20-8-11-35-16-20/h4-8,11,13,16-18H,9-10,12,15H2,1-3H3,(H,32,33)/t18-/m1/s1. The van der Waals surface area contributed by atoms with Crippen LogP contribution in [0.4, 0.5) is 5.82 Å². The molecule has 4 rings (SSSR count). The Kier molecular flexibility index (Phi) is 6.87. The summed E-state index contributed by atoms with van der Waals surface area (Å²) in [6, 6.07) is 13.1. The Morgan fingerprint density at radius 2 is 2.00 bits per heavy atom. The van der Waals surface area contributed by atoms with Crippen molar-refractivity contribution in [2.45, 2.75) is 39.2 Å². The lowest BCUT2D eigenvalue weighted by atomic mass is 9.92. The molecular weight excluding hydrogens is 444 g/mol. The molecule has 3 heterocycles. The zero-order valence-electron chi connectivity index (χ0n) is 20.1. The average molecular weight is 473 g/mol. The Morgan fingerprint density at radius 1 is 1.23 bits per heavy atom. The topological polar surface area (TPSA) is 111 Å². The molecule has 1 aliphatic heterocycles. The molecule has 0 radical (unpaired) electrons. The van der Waals surface area contributed by atoms with E-state index in [2.05, 4.69) is 11.0 Å². The van der Waals surface area contributed by atoms with E-state index in [1.807, 2.05) is 43.9 Å². The number of rotatable bonds is 6. The van der Waals surface area contributed by atoms with Crippen LogP contribution in [0.2, 0.25) is 0 Å². The lowest BCUT2D eigenvalue weighted by Gasteiger charge is -2.40. The summed E-state index contributed by atoms with van der Waals surface area (Å²) in [4.78, 5) is 33.1. The molecule has 1 aliphatic rings. The number of nitrogens with zero attached hydrogens (tertiary/aromatic N) is 4. The predicted octanol–water partition coefficient (Wildman–Crippen LogP) is 4.31. The number of carboxylic acid groups (broad SMARTS) is 1. The molecular formula is C27H28N4O4. The van der Waals surface area contributed by atoms with Crippen molar-refractivity contribution in [2.75, 3.05) is 24.5 Å². The van der Waals surface area contributed by atoms with Gasteiger partial charge in [0.25, 0.3) is 5.91 Å². The molecule has 3 aromatic rings. The minimum Gasteiger partial charge on any atom is -0.481 e. The van der Waals surface area contributed by atoms with Crippen LogP contribution in [0.5, 0.6) is 0 Å². The molecule has 1 fully saturated rings. The van der Waals surface area contributed by atoms with Gasteiger partial charge in [-0.25, -0.2) is 4.98 Å².